The van der Waals surface area contributed by atoms with Crippen LogP contribution < -0.4 is 10.6 Å². The number of ether oxygens (including phenoxy) is 1. The molecule has 1 aromatic heterocycles. The molecule has 0 unspecified atom stereocenters. The van der Waals surface area contributed by atoms with Crippen molar-refractivity contribution >= 4 is 28.2 Å². The molecule has 120 valence electrons. The van der Waals surface area contributed by atoms with Crippen LogP contribution in [0.2, 0.25) is 0 Å². The fourth-order valence-electron chi connectivity index (χ4n) is 1.85. The second kappa shape index (κ2) is 8.81. The van der Waals surface area contributed by atoms with Crippen molar-refractivity contribution in [3.8, 4) is 0 Å². The molecule has 0 bridgehead atoms. The lowest BCUT2D eigenvalue weighted by atomic mass is 10.4. The highest BCUT2D eigenvalue weighted by molar-refractivity contribution is 7.18. The van der Waals surface area contributed by atoms with Crippen molar-refractivity contribution in [2.24, 2.45) is 0 Å². The van der Waals surface area contributed by atoms with Crippen LogP contribution >= 0.6 is 11.3 Å². The first-order valence-electron chi connectivity index (χ1n) is 6.91. The maximum atomic E-state index is 12.5. The number of nitrogens with zero attached hydrogens (tertiary/aromatic N) is 3. The van der Waals surface area contributed by atoms with E-state index in [0.717, 1.165) is 18.1 Å². The van der Waals surface area contributed by atoms with Crippen LogP contribution in [0.1, 0.15) is 23.0 Å². The number of aliphatic hydroxyl groups is 1. The lowest BCUT2D eigenvalue weighted by molar-refractivity contribution is 0.0662. The SMILES string of the molecule is CCCN(C)c1nc(N)c(C(=O)N(CCO)CCOC)s1. The van der Waals surface area contributed by atoms with E-state index in [4.69, 9.17) is 15.6 Å². The summed E-state index contributed by atoms with van der Waals surface area (Å²) in [5.74, 6) is 0.0237. The van der Waals surface area contributed by atoms with Crippen molar-refractivity contribution in [3.63, 3.8) is 0 Å². The number of carbonyl (C=O) groups excluding carboxylic acids is 1. The lowest BCUT2D eigenvalue weighted by Gasteiger charge is -2.20. The van der Waals surface area contributed by atoms with Crippen LogP contribution in [0.25, 0.3) is 0 Å². The van der Waals surface area contributed by atoms with Crippen LogP contribution in [0.15, 0.2) is 0 Å². The Labute approximate surface area is 129 Å². The van der Waals surface area contributed by atoms with Crippen LogP contribution in [0, 0.1) is 0 Å². The first kappa shape index (κ1) is 17.7. The number of nitrogens with two attached hydrogens (primary N) is 1. The fraction of sp³-hybridized carbons (Fsp3) is 0.692. The summed E-state index contributed by atoms with van der Waals surface area (Å²) in [5.41, 5.74) is 5.87. The van der Waals surface area contributed by atoms with Gasteiger partial charge in [0, 0.05) is 33.8 Å². The third-order valence-electron chi connectivity index (χ3n) is 2.94. The van der Waals surface area contributed by atoms with Gasteiger partial charge >= 0.3 is 0 Å². The number of amides is 1. The minimum Gasteiger partial charge on any atom is -0.395 e. The van der Waals surface area contributed by atoms with Gasteiger partial charge < -0.3 is 25.4 Å². The van der Waals surface area contributed by atoms with Gasteiger partial charge in [-0.1, -0.05) is 18.3 Å². The van der Waals surface area contributed by atoms with E-state index in [1.165, 1.54) is 16.2 Å². The number of aromatic nitrogens is 1. The third-order valence-corrected chi connectivity index (χ3v) is 4.12. The van der Waals surface area contributed by atoms with Crippen LogP contribution in [0.3, 0.4) is 0 Å². The van der Waals surface area contributed by atoms with Crippen molar-refractivity contribution in [1.82, 2.24) is 9.88 Å². The number of methoxy groups -OCH3 is 1. The van der Waals surface area contributed by atoms with E-state index in [1.54, 1.807) is 7.11 Å². The molecule has 1 rings (SSSR count). The molecule has 0 aliphatic carbocycles. The molecule has 0 fully saturated rings. The van der Waals surface area contributed by atoms with Gasteiger partial charge in [-0.15, -0.1) is 0 Å². The Balaban J connectivity index is 2.88. The second-order valence-corrected chi connectivity index (χ2v) is 5.62. The minimum atomic E-state index is -0.216. The van der Waals surface area contributed by atoms with Gasteiger partial charge in [0.1, 0.15) is 10.7 Å². The smallest absolute Gasteiger partial charge is 0.268 e. The average Bonchev–Trinajstić information content (AvgIpc) is 2.85. The molecular formula is C13H24N4O3S. The molecule has 3 N–H and O–H groups in total. The first-order valence-corrected chi connectivity index (χ1v) is 7.73. The summed E-state index contributed by atoms with van der Waals surface area (Å²) in [6.07, 6.45) is 0.990. The summed E-state index contributed by atoms with van der Waals surface area (Å²) in [7, 11) is 3.49. The van der Waals surface area contributed by atoms with Crippen molar-refractivity contribution < 1.29 is 14.6 Å². The van der Waals surface area contributed by atoms with Gasteiger partial charge in [-0.2, -0.15) is 0 Å². The quantitative estimate of drug-likeness (QED) is 0.695. The zero-order valence-electron chi connectivity index (χ0n) is 12.8. The predicted molar refractivity (Wildman–Crippen MR) is 85.0 cm³/mol. The molecule has 7 nitrogen and oxygen atoms in total. The van der Waals surface area contributed by atoms with Gasteiger partial charge in [-0.25, -0.2) is 4.98 Å². The highest BCUT2D eigenvalue weighted by Crippen LogP contribution is 2.28. The number of rotatable bonds is 9. The Morgan fingerprint density at radius 1 is 1.43 bits per heavy atom. The van der Waals surface area contributed by atoms with Gasteiger partial charge in [0.05, 0.1) is 13.2 Å². The monoisotopic (exact) mass is 316 g/mol. The molecule has 0 saturated carbocycles. The molecule has 1 aromatic rings. The van der Waals surface area contributed by atoms with Crippen LogP contribution in [0.5, 0.6) is 0 Å². The number of hydrogen-bond donors (Lipinski definition) is 2. The zero-order chi connectivity index (χ0) is 15.8. The first-order chi connectivity index (χ1) is 10.0. The highest BCUT2D eigenvalue weighted by atomic mass is 32.1. The minimum absolute atomic E-state index is 0.100. The van der Waals surface area contributed by atoms with Gasteiger partial charge in [0.25, 0.3) is 5.91 Å². The van der Waals surface area contributed by atoms with Crippen molar-refractivity contribution in [2.75, 3.05) is 57.6 Å². The molecule has 1 amide bonds. The summed E-state index contributed by atoms with van der Waals surface area (Å²) in [5, 5.41) is 9.81. The standard InChI is InChI=1S/C13H24N4O3S/c1-4-5-16(2)13-15-11(14)10(21-13)12(19)17(6-8-18)7-9-20-3/h18H,4-9,14H2,1-3H3. The molecule has 0 spiro atoms. The van der Waals surface area contributed by atoms with Gasteiger partial charge in [0.2, 0.25) is 0 Å². The molecule has 0 saturated heterocycles. The Morgan fingerprint density at radius 3 is 2.71 bits per heavy atom. The Kier molecular flexibility index (Phi) is 7.41. The second-order valence-electron chi connectivity index (χ2n) is 4.64. The molecule has 1 heterocycles. The summed E-state index contributed by atoms with van der Waals surface area (Å²) < 4.78 is 4.98. The highest BCUT2D eigenvalue weighted by Gasteiger charge is 2.22. The zero-order valence-corrected chi connectivity index (χ0v) is 13.7. The van der Waals surface area contributed by atoms with Crippen LogP contribution in [0.4, 0.5) is 10.9 Å². The molecule has 21 heavy (non-hydrogen) atoms. The predicted octanol–water partition coefficient (Wildman–Crippen LogP) is 0.652. The summed E-state index contributed by atoms with van der Waals surface area (Å²) in [6.45, 7) is 3.90. The summed E-state index contributed by atoms with van der Waals surface area (Å²) in [6, 6.07) is 0. The molecular weight excluding hydrogens is 292 g/mol. The van der Waals surface area contributed by atoms with Crippen molar-refractivity contribution in [2.45, 2.75) is 13.3 Å². The topological polar surface area (TPSA) is 91.9 Å². The molecule has 0 aromatic carbocycles. The Hall–Kier alpha value is -1.38. The molecule has 8 heteroatoms. The van der Waals surface area contributed by atoms with Gasteiger partial charge in [-0.05, 0) is 6.42 Å². The molecule has 0 aliphatic rings. The molecule has 0 atom stereocenters. The van der Waals surface area contributed by atoms with E-state index in [-0.39, 0.29) is 24.9 Å². The summed E-state index contributed by atoms with van der Waals surface area (Å²) in [4.78, 5) is 20.7. The van der Waals surface area contributed by atoms with Gasteiger partial charge in [-0.3, -0.25) is 4.79 Å². The lowest BCUT2D eigenvalue weighted by Crippen LogP contribution is -2.36. The number of nitrogen functional groups attached to an aromatic ring is 1. The largest absolute Gasteiger partial charge is 0.395 e. The average molecular weight is 316 g/mol. The van der Waals surface area contributed by atoms with Gasteiger partial charge in [0.15, 0.2) is 5.13 Å². The van der Waals surface area contributed by atoms with E-state index in [0.29, 0.717) is 18.0 Å². The van der Waals surface area contributed by atoms with E-state index in [1.807, 2.05) is 11.9 Å². The maximum Gasteiger partial charge on any atom is 0.268 e. The van der Waals surface area contributed by atoms with E-state index >= 15 is 0 Å². The number of anilines is 2. The van der Waals surface area contributed by atoms with Crippen molar-refractivity contribution in [3.05, 3.63) is 4.88 Å². The van der Waals surface area contributed by atoms with E-state index in [2.05, 4.69) is 11.9 Å². The van der Waals surface area contributed by atoms with E-state index in [9.17, 15) is 4.79 Å². The maximum absolute atomic E-state index is 12.5. The van der Waals surface area contributed by atoms with Crippen LogP contribution in [-0.2, 0) is 4.74 Å². The van der Waals surface area contributed by atoms with Crippen molar-refractivity contribution in [1.29, 1.82) is 0 Å². The number of thiazole rings is 1. The third kappa shape index (κ3) is 4.83. The normalized spacial score (nSPS) is 10.7. The Bertz CT molecular complexity index is 453. The number of aliphatic hydroxyl groups excluding tert-OH is 1. The molecule has 0 aliphatic heterocycles. The van der Waals surface area contributed by atoms with E-state index < -0.39 is 0 Å². The molecule has 0 radical (unpaired) electrons. The fourth-order valence-corrected chi connectivity index (χ4v) is 2.79. The summed E-state index contributed by atoms with van der Waals surface area (Å²) >= 11 is 1.28. The number of carbonyl (C=O) groups is 1. The Morgan fingerprint density at radius 2 is 2.14 bits per heavy atom. The van der Waals surface area contributed by atoms with Crippen LogP contribution in [-0.4, -0.2) is 67.9 Å². The number of hydrogen-bond acceptors (Lipinski definition) is 7.